The zero-order valence-corrected chi connectivity index (χ0v) is 32.4. The molecule has 4 nitrogen and oxygen atoms in total. The molecular formula is C53H42N4. The van der Waals surface area contributed by atoms with E-state index in [4.69, 9.17) is 4.98 Å². The SMILES string of the molecule is Cc1ccccc1-c1ccnc(-n2c3ccccc3c3ccc(C4(c5cccc(N6CN(C(C)C)c7ccccc76)c5)c5ccccc5-c5ccccc54)cc32)c1. The first kappa shape index (κ1) is 33.4. The van der Waals surface area contributed by atoms with Crippen molar-refractivity contribution in [1.82, 2.24) is 9.55 Å². The molecule has 0 amide bonds. The maximum atomic E-state index is 5.06. The Hall–Kier alpha value is -6.91. The average molecular weight is 735 g/mol. The van der Waals surface area contributed by atoms with Crippen LogP contribution in [0, 0.1) is 6.92 Å². The van der Waals surface area contributed by atoms with Crippen molar-refractivity contribution in [2.75, 3.05) is 16.5 Å². The minimum absolute atomic E-state index is 0.379. The molecule has 7 aromatic carbocycles. The lowest BCUT2D eigenvalue weighted by atomic mass is 9.67. The molecule has 0 radical (unpaired) electrons. The van der Waals surface area contributed by atoms with Crippen LogP contribution < -0.4 is 9.80 Å². The monoisotopic (exact) mass is 734 g/mol. The summed E-state index contributed by atoms with van der Waals surface area (Å²) in [5.41, 5.74) is 16.7. The molecule has 1 aliphatic carbocycles. The van der Waals surface area contributed by atoms with Gasteiger partial charge in [-0.2, -0.15) is 0 Å². The molecule has 9 aromatic rings. The Morgan fingerprint density at radius 1 is 0.544 bits per heavy atom. The first-order valence-electron chi connectivity index (χ1n) is 20.0. The third-order valence-electron chi connectivity index (χ3n) is 12.5. The van der Waals surface area contributed by atoms with E-state index >= 15 is 0 Å². The van der Waals surface area contributed by atoms with Crippen LogP contribution in [0.1, 0.15) is 41.7 Å². The molecule has 0 N–H and O–H groups in total. The molecule has 274 valence electrons. The van der Waals surface area contributed by atoms with Crippen LogP contribution in [0.5, 0.6) is 0 Å². The fourth-order valence-corrected chi connectivity index (χ4v) is 9.89. The number of hydrogen-bond donors (Lipinski definition) is 0. The Morgan fingerprint density at radius 2 is 1.19 bits per heavy atom. The highest BCUT2D eigenvalue weighted by Gasteiger charge is 2.46. The number of pyridine rings is 1. The van der Waals surface area contributed by atoms with Crippen LogP contribution in [-0.2, 0) is 5.41 Å². The van der Waals surface area contributed by atoms with E-state index in [-0.39, 0.29) is 0 Å². The zero-order valence-electron chi connectivity index (χ0n) is 32.4. The van der Waals surface area contributed by atoms with Crippen LogP contribution in [-0.4, -0.2) is 22.3 Å². The minimum Gasteiger partial charge on any atom is -0.349 e. The van der Waals surface area contributed by atoms with E-state index in [0.717, 1.165) is 29.1 Å². The zero-order chi connectivity index (χ0) is 38.3. The van der Waals surface area contributed by atoms with Gasteiger partial charge in [-0.15, -0.1) is 0 Å². The Morgan fingerprint density at radius 3 is 1.96 bits per heavy atom. The lowest BCUT2D eigenvalue weighted by Crippen LogP contribution is -2.33. The van der Waals surface area contributed by atoms with Crippen LogP contribution in [0.3, 0.4) is 0 Å². The lowest BCUT2D eigenvalue weighted by molar-refractivity contribution is 0.708. The van der Waals surface area contributed by atoms with Crippen LogP contribution in [0.15, 0.2) is 182 Å². The summed E-state index contributed by atoms with van der Waals surface area (Å²) in [6.07, 6.45) is 1.95. The molecule has 4 heteroatoms. The first-order valence-corrected chi connectivity index (χ1v) is 20.0. The molecule has 57 heavy (non-hydrogen) atoms. The van der Waals surface area contributed by atoms with Gasteiger partial charge in [-0.1, -0.05) is 127 Å². The van der Waals surface area contributed by atoms with Gasteiger partial charge in [0.05, 0.1) is 34.5 Å². The predicted octanol–water partition coefficient (Wildman–Crippen LogP) is 12.8. The molecule has 2 aromatic heterocycles. The largest absolute Gasteiger partial charge is 0.349 e. The summed E-state index contributed by atoms with van der Waals surface area (Å²) in [6, 6.07) is 65.5. The predicted molar refractivity (Wildman–Crippen MR) is 237 cm³/mol. The summed E-state index contributed by atoms with van der Waals surface area (Å²) < 4.78 is 2.37. The fourth-order valence-electron chi connectivity index (χ4n) is 9.89. The second-order valence-corrected chi connectivity index (χ2v) is 15.8. The number of aromatic nitrogens is 2. The maximum Gasteiger partial charge on any atom is 0.138 e. The van der Waals surface area contributed by atoms with Crippen LogP contribution >= 0.6 is 0 Å². The average Bonchev–Trinajstić information content (AvgIpc) is 3.91. The number of benzene rings is 7. The summed E-state index contributed by atoms with van der Waals surface area (Å²) in [4.78, 5) is 10.0. The van der Waals surface area contributed by atoms with Crippen LogP contribution in [0.25, 0.3) is 49.9 Å². The second-order valence-electron chi connectivity index (χ2n) is 15.8. The van der Waals surface area contributed by atoms with E-state index < -0.39 is 5.41 Å². The van der Waals surface area contributed by atoms with E-state index in [1.54, 1.807) is 0 Å². The third-order valence-corrected chi connectivity index (χ3v) is 12.5. The summed E-state index contributed by atoms with van der Waals surface area (Å²) in [7, 11) is 0. The van der Waals surface area contributed by atoms with Crippen LogP contribution in [0.4, 0.5) is 17.1 Å². The number of para-hydroxylation sites is 3. The fraction of sp³-hybridized carbons (Fsp3) is 0.113. The van der Waals surface area contributed by atoms with Gasteiger partial charge in [0.1, 0.15) is 5.82 Å². The topological polar surface area (TPSA) is 24.3 Å². The van der Waals surface area contributed by atoms with Crippen molar-refractivity contribution < 1.29 is 0 Å². The minimum atomic E-state index is -0.577. The van der Waals surface area contributed by atoms with Crippen molar-refractivity contribution in [1.29, 1.82) is 0 Å². The standard InChI is InChI=1S/C53H42N4/c1-35(2)55-34-56(50-26-13-12-25-49(50)55)40-17-14-16-38(32-40)53(46-22-9-6-19-42(46)43-20-7-10-23-47(43)53)39-27-28-45-44-21-8-11-24-48(44)57(51(45)33-39)52-31-37(29-30-54-52)41-18-5-4-15-36(41)3/h4-33,35H,34H2,1-3H3. The molecule has 1 aliphatic heterocycles. The summed E-state index contributed by atoms with van der Waals surface area (Å²) >= 11 is 0. The van der Waals surface area contributed by atoms with E-state index in [0.29, 0.717) is 6.04 Å². The Labute approximate surface area is 333 Å². The lowest BCUT2D eigenvalue weighted by Gasteiger charge is -2.35. The van der Waals surface area contributed by atoms with Gasteiger partial charge in [-0.3, -0.25) is 4.57 Å². The highest BCUT2D eigenvalue weighted by atomic mass is 15.4. The maximum absolute atomic E-state index is 5.06. The van der Waals surface area contributed by atoms with Gasteiger partial charge >= 0.3 is 0 Å². The summed E-state index contributed by atoms with van der Waals surface area (Å²) in [5.74, 6) is 0.907. The second kappa shape index (κ2) is 12.8. The van der Waals surface area contributed by atoms with Crippen molar-refractivity contribution in [2.45, 2.75) is 32.2 Å². The first-order chi connectivity index (χ1) is 28.0. The van der Waals surface area contributed by atoms with Gasteiger partial charge in [-0.05, 0) is 119 Å². The molecule has 0 saturated heterocycles. The van der Waals surface area contributed by atoms with E-state index in [1.165, 1.54) is 72.3 Å². The van der Waals surface area contributed by atoms with Gasteiger partial charge in [0, 0.05) is 28.7 Å². The van der Waals surface area contributed by atoms with Gasteiger partial charge in [0.15, 0.2) is 0 Å². The number of hydrogen-bond acceptors (Lipinski definition) is 3. The van der Waals surface area contributed by atoms with Gasteiger partial charge in [0.25, 0.3) is 0 Å². The Bertz CT molecular complexity index is 2980. The van der Waals surface area contributed by atoms with Crippen molar-refractivity contribution >= 4 is 38.9 Å². The highest BCUT2D eigenvalue weighted by Crippen LogP contribution is 2.57. The summed E-state index contributed by atoms with van der Waals surface area (Å²) in [5, 5.41) is 2.43. The Kier molecular flexibility index (Phi) is 7.52. The third kappa shape index (κ3) is 4.90. The number of rotatable bonds is 6. The number of aryl methyl sites for hydroxylation is 1. The normalized spacial score (nSPS) is 14.0. The van der Waals surface area contributed by atoms with Crippen molar-refractivity contribution in [3.63, 3.8) is 0 Å². The summed E-state index contributed by atoms with van der Waals surface area (Å²) in [6.45, 7) is 7.54. The number of anilines is 3. The molecule has 0 spiro atoms. The molecule has 11 rings (SSSR count). The number of nitrogens with zero attached hydrogens (tertiary/aromatic N) is 4. The van der Waals surface area contributed by atoms with Crippen molar-refractivity contribution in [3.8, 4) is 28.1 Å². The molecule has 0 bridgehead atoms. The van der Waals surface area contributed by atoms with Crippen molar-refractivity contribution in [3.05, 3.63) is 210 Å². The van der Waals surface area contributed by atoms with E-state index in [9.17, 15) is 0 Å². The van der Waals surface area contributed by atoms with Gasteiger partial charge in [-0.25, -0.2) is 4.98 Å². The van der Waals surface area contributed by atoms with Crippen LogP contribution in [0.2, 0.25) is 0 Å². The molecular weight excluding hydrogens is 693 g/mol. The van der Waals surface area contributed by atoms with E-state index in [1.807, 2.05) is 6.20 Å². The molecule has 0 fully saturated rings. The number of fused-ring (bicyclic) bond motifs is 7. The quantitative estimate of drug-likeness (QED) is 0.170. The molecule has 0 saturated carbocycles. The van der Waals surface area contributed by atoms with Crippen molar-refractivity contribution in [2.24, 2.45) is 0 Å². The molecule has 0 atom stereocenters. The van der Waals surface area contributed by atoms with E-state index in [2.05, 4.69) is 211 Å². The smallest absolute Gasteiger partial charge is 0.138 e. The molecule has 3 heterocycles. The molecule has 0 unspecified atom stereocenters. The van der Waals surface area contributed by atoms with Gasteiger partial charge in [0.2, 0.25) is 0 Å². The highest BCUT2D eigenvalue weighted by molar-refractivity contribution is 6.09. The Balaban J connectivity index is 1.18. The van der Waals surface area contributed by atoms with Gasteiger partial charge < -0.3 is 9.80 Å². The molecule has 2 aliphatic rings.